The SMILES string of the molecule is O=C(CCCl)Nc1nnc(-c2ccc(Cl)cc2)o1. The van der Waals surface area contributed by atoms with Crippen molar-refractivity contribution < 1.29 is 9.21 Å². The van der Waals surface area contributed by atoms with Crippen LogP contribution in [0.15, 0.2) is 28.7 Å². The summed E-state index contributed by atoms with van der Waals surface area (Å²) in [7, 11) is 0. The molecule has 0 saturated heterocycles. The van der Waals surface area contributed by atoms with E-state index in [1.807, 2.05) is 0 Å². The first-order chi connectivity index (χ1) is 8.69. The van der Waals surface area contributed by atoms with Crippen LogP contribution in [0.5, 0.6) is 0 Å². The highest BCUT2D eigenvalue weighted by atomic mass is 35.5. The summed E-state index contributed by atoms with van der Waals surface area (Å²) in [4.78, 5) is 11.3. The summed E-state index contributed by atoms with van der Waals surface area (Å²) in [5.74, 6) is 0.286. The Bertz CT molecular complexity index is 539. The van der Waals surface area contributed by atoms with E-state index in [9.17, 15) is 4.79 Å². The molecule has 0 aliphatic rings. The van der Waals surface area contributed by atoms with Crippen molar-refractivity contribution in [2.45, 2.75) is 6.42 Å². The molecule has 2 rings (SSSR count). The van der Waals surface area contributed by atoms with Crippen LogP contribution in [0.25, 0.3) is 11.5 Å². The van der Waals surface area contributed by atoms with Gasteiger partial charge < -0.3 is 4.42 Å². The zero-order chi connectivity index (χ0) is 13.0. The standard InChI is InChI=1S/C11H9Cl2N3O2/c12-6-5-9(17)14-11-16-15-10(18-11)7-1-3-8(13)4-2-7/h1-4H,5-6H2,(H,14,16,17). The van der Waals surface area contributed by atoms with E-state index in [2.05, 4.69) is 15.5 Å². The Kier molecular flexibility index (Phi) is 4.17. The molecule has 5 nitrogen and oxygen atoms in total. The molecule has 7 heteroatoms. The molecule has 2 aromatic rings. The summed E-state index contributed by atoms with van der Waals surface area (Å²) < 4.78 is 5.29. The predicted octanol–water partition coefficient (Wildman–Crippen LogP) is 2.96. The highest BCUT2D eigenvalue weighted by molar-refractivity contribution is 6.30. The second-order valence-corrected chi connectivity index (χ2v) is 4.22. The van der Waals surface area contributed by atoms with Gasteiger partial charge in [0.25, 0.3) is 0 Å². The van der Waals surface area contributed by atoms with Gasteiger partial charge in [0, 0.05) is 22.9 Å². The van der Waals surface area contributed by atoms with E-state index in [0.717, 1.165) is 5.56 Å². The minimum atomic E-state index is -0.267. The van der Waals surface area contributed by atoms with Gasteiger partial charge in [-0.1, -0.05) is 16.7 Å². The summed E-state index contributed by atoms with van der Waals surface area (Å²) in [6, 6.07) is 6.98. The van der Waals surface area contributed by atoms with E-state index in [0.29, 0.717) is 10.9 Å². The van der Waals surface area contributed by atoms with Gasteiger partial charge in [-0.25, -0.2) is 0 Å². The Balaban J connectivity index is 2.10. The molecule has 1 aromatic heterocycles. The Morgan fingerprint density at radius 3 is 2.67 bits per heavy atom. The van der Waals surface area contributed by atoms with E-state index < -0.39 is 0 Å². The van der Waals surface area contributed by atoms with Crippen LogP contribution in [0, 0.1) is 0 Å². The molecule has 0 aliphatic carbocycles. The van der Waals surface area contributed by atoms with Crippen molar-refractivity contribution in [3.63, 3.8) is 0 Å². The number of alkyl halides is 1. The molecule has 0 saturated carbocycles. The van der Waals surface area contributed by atoms with Crippen LogP contribution in [0.2, 0.25) is 5.02 Å². The summed E-state index contributed by atoms with van der Waals surface area (Å²) in [6.45, 7) is 0. The summed E-state index contributed by atoms with van der Waals surface area (Å²) >= 11 is 11.2. The lowest BCUT2D eigenvalue weighted by Crippen LogP contribution is -2.11. The van der Waals surface area contributed by atoms with Gasteiger partial charge >= 0.3 is 6.01 Å². The highest BCUT2D eigenvalue weighted by Gasteiger charge is 2.10. The first-order valence-electron chi connectivity index (χ1n) is 5.14. The van der Waals surface area contributed by atoms with Crippen molar-refractivity contribution in [2.24, 2.45) is 0 Å². The number of carbonyl (C=O) groups is 1. The van der Waals surface area contributed by atoms with Crippen molar-refractivity contribution in [3.05, 3.63) is 29.3 Å². The van der Waals surface area contributed by atoms with Crippen LogP contribution in [-0.4, -0.2) is 22.0 Å². The highest BCUT2D eigenvalue weighted by Crippen LogP contribution is 2.21. The quantitative estimate of drug-likeness (QED) is 0.877. The van der Waals surface area contributed by atoms with Crippen LogP contribution >= 0.6 is 23.2 Å². The predicted molar refractivity (Wildman–Crippen MR) is 68.7 cm³/mol. The monoisotopic (exact) mass is 285 g/mol. The molecule has 1 N–H and O–H groups in total. The number of hydrogen-bond acceptors (Lipinski definition) is 4. The molecule has 18 heavy (non-hydrogen) atoms. The summed E-state index contributed by atoms with van der Waals surface area (Å²) in [5.41, 5.74) is 0.727. The lowest BCUT2D eigenvalue weighted by molar-refractivity contribution is -0.115. The Labute approximate surface area is 113 Å². The Morgan fingerprint density at radius 2 is 2.00 bits per heavy atom. The maximum Gasteiger partial charge on any atom is 0.322 e. The molecule has 0 aliphatic heterocycles. The van der Waals surface area contributed by atoms with E-state index in [1.165, 1.54) is 0 Å². The van der Waals surface area contributed by atoms with Gasteiger partial charge in [0.1, 0.15) is 0 Å². The third kappa shape index (κ3) is 3.21. The van der Waals surface area contributed by atoms with Crippen LogP contribution in [-0.2, 0) is 4.79 Å². The number of rotatable bonds is 4. The number of amides is 1. The van der Waals surface area contributed by atoms with Gasteiger partial charge in [-0.2, -0.15) is 0 Å². The van der Waals surface area contributed by atoms with Gasteiger partial charge in [0.15, 0.2) is 0 Å². The molecular formula is C11H9Cl2N3O2. The van der Waals surface area contributed by atoms with Crippen LogP contribution in [0.4, 0.5) is 6.01 Å². The average molecular weight is 286 g/mol. The van der Waals surface area contributed by atoms with E-state index in [4.69, 9.17) is 27.6 Å². The first-order valence-corrected chi connectivity index (χ1v) is 6.05. The molecule has 1 aromatic carbocycles. The Hall–Kier alpha value is -1.59. The zero-order valence-electron chi connectivity index (χ0n) is 9.19. The van der Waals surface area contributed by atoms with Gasteiger partial charge in [-0.3, -0.25) is 10.1 Å². The summed E-state index contributed by atoms with van der Waals surface area (Å²) in [5, 5.41) is 10.6. The number of carbonyl (C=O) groups excluding carboxylic acids is 1. The number of aromatic nitrogens is 2. The minimum absolute atomic E-state index is 0.0510. The fourth-order valence-corrected chi connectivity index (χ4v) is 1.55. The average Bonchev–Trinajstić information content (AvgIpc) is 2.78. The largest absolute Gasteiger partial charge is 0.403 e. The molecule has 0 fully saturated rings. The fourth-order valence-electron chi connectivity index (χ4n) is 1.25. The molecule has 0 radical (unpaired) electrons. The smallest absolute Gasteiger partial charge is 0.322 e. The zero-order valence-corrected chi connectivity index (χ0v) is 10.7. The van der Waals surface area contributed by atoms with Gasteiger partial charge in [-0.05, 0) is 24.3 Å². The van der Waals surface area contributed by atoms with Gasteiger partial charge in [0.2, 0.25) is 11.8 Å². The lowest BCUT2D eigenvalue weighted by Gasteiger charge is -1.96. The minimum Gasteiger partial charge on any atom is -0.403 e. The second kappa shape index (κ2) is 5.84. The molecule has 0 spiro atoms. The maximum absolute atomic E-state index is 11.3. The van der Waals surface area contributed by atoms with Gasteiger partial charge in [-0.15, -0.1) is 16.7 Å². The number of nitrogens with zero attached hydrogens (tertiary/aromatic N) is 2. The number of anilines is 1. The molecule has 94 valence electrons. The number of benzene rings is 1. The topological polar surface area (TPSA) is 68.0 Å². The first kappa shape index (κ1) is 12.9. The van der Waals surface area contributed by atoms with Crippen molar-refractivity contribution in [3.8, 4) is 11.5 Å². The van der Waals surface area contributed by atoms with Crippen LogP contribution in [0.1, 0.15) is 6.42 Å². The number of hydrogen-bond donors (Lipinski definition) is 1. The third-order valence-electron chi connectivity index (χ3n) is 2.08. The van der Waals surface area contributed by atoms with Crippen LogP contribution < -0.4 is 5.32 Å². The molecule has 1 heterocycles. The normalized spacial score (nSPS) is 10.3. The third-order valence-corrected chi connectivity index (χ3v) is 2.53. The van der Waals surface area contributed by atoms with Crippen molar-refractivity contribution in [1.29, 1.82) is 0 Å². The van der Waals surface area contributed by atoms with Crippen molar-refractivity contribution >= 4 is 35.1 Å². The van der Waals surface area contributed by atoms with Gasteiger partial charge in [0.05, 0.1) is 0 Å². The summed E-state index contributed by atoms with van der Waals surface area (Å²) in [6.07, 6.45) is 0.195. The Morgan fingerprint density at radius 1 is 1.28 bits per heavy atom. The number of nitrogens with one attached hydrogen (secondary N) is 1. The van der Waals surface area contributed by atoms with Crippen LogP contribution in [0.3, 0.4) is 0 Å². The fraction of sp³-hybridized carbons (Fsp3) is 0.182. The maximum atomic E-state index is 11.3. The van der Waals surface area contributed by atoms with Crippen molar-refractivity contribution in [2.75, 3.05) is 11.2 Å². The number of halogens is 2. The molecule has 0 bridgehead atoms. The van der Waals surface area contributed by atoms with E-state index in [1.54, 1.807) is 24.3 Å². The van der Waals surface area contributed by atoms with E-state index in [-0.39, 0.29) is 24.2 Å². The lowest BCUT2D eigenvalue weighted by atomic mass is 10.2. The molecule has 1 amide bonds. The second-order valence-electron chi connectivity index (χ2n) is 3.41. The van der Waals surface area contributed by atoms with Crippen molar-refractivity contribution in [1.82, 2.24) is 10.2 Å². The molecule has 0 atom stereocenters. The van der Waals surface area contributed by atoms with E-state index >= 15 is 0 Å². The molecule has 0 unspecified atom stereocenters. The molecular weight excluding hydrogens is 277 g/mol.